The molecule has 1 amide bonds. The molecule has 1 aliphatic heterocycles. The van der Waals surface area contributed by atoms with Gasteiger partial charge in [-0.05, 0) is 0 Å². The van der Waals surface area contributed by atoms with Crippen molar-refractivity contribution in [3.63, 3.8) is 0 Å². The van der Waals surface area contributed by atoms with Gasteiger partial charge in [-0.1, -0.05) is 0 Å². The van der Waals surface area contributed by atoms with Crippen LogP contribution < -0.4 is 10.6 Å². The van der Waals surface area contributed by atoms with Crippen molar-refractivity contribution in [1.82, 2.24) is 14.9 Å². The van der Waals surface area contributed by atoms with Gasteiger partial charge in [-0.2, -0.15) is 9.57 Å². The Balaban J connectivity index is 2.91. The number of sulfonamides is 1. The number of nitrogens with zero attached hydrogens (tertiary/aromatic N) is 2. The number of rotatable bonds is 3. The molecule has 1 rings (SSSR count). The van der Waals surface area contributed by atoms with E-state index >= 15 is 0 Å². The first-order valence-electron chi connectivity index (χ1n) is 4.81. The van der Waals surface area contributed by atoms with E-state index in [2.05, 4.69) is 10.6 Å². The van der Waals surface area contributed by atoms with Crippen LogP contribution in [0.1, 0.15) is 0 Å². The maximum atomic E-state index is 11.7. The maximum absolute atomic E-state index is 11.7. The number of nitrogens with one attached hydrogen (secondary N) is 2. The van der Waals surface area contributed by atoms with Crippen LogP contribution >= 0.6 is 0 Å². The lowest BCUT2D eigenvalue weighted by Gasteiger charge is -2.33. The average molecular weight is 246 g/mol. The Hall–Kier alpha value is -1.17. The number of likely N-dealkylation sites (N-methyl/N-ethyl adjacent to an activating group) is 1. The fourth-order valence-electron chi connectivity index (χ4n) is 1.57. The fourth-order valence-corrected chi connectivity index (χ4v) is 2.83. The summed E-state index contributed by atoms with van der Waals surface area (Å²) in [4.78, 5) is 11.5. The van der Waals surface area contributed by atoms with Gasteiger partial charge in [0.15, 0.2) is 5.75 Å². The number of hydrogen-bond donors (Lipinski definition) is 2. The van der Waals surface area contributed by atoms with Crippen molar-refractivity contribution in [2.45, 2.75) is 6.04 Å². The van der Waals surface area contributed by atoms with E-state index in [0.717, 1.165) is 4.31 Å². The molecule has 1 atom stereocenters. The molecule has 1 fully saturated rings. The van der Waals surface area contributed by atoms with Crippen molar-refractivity contribution in [2.24, 2.45) is 0 Å². The van der Waals surface area contributed by atoms with Gasteiger partial charge in [0.1, 0.15) is 6.04 Å². The summed E-state index contributed by atoms with van der Waals surface area (Å²) in [6.07, 6.45) is 0. The van der Waals surface area contributed by atoms with Gasteiger partial charge in [0, 0.05) is 26.7 Å². The molecular formula is C8H14N4O3S. The second kappa shape index (κ2) is 5.25. The third-order valence-corrected chi connectivity index (χ3v) is 3.99. The summed E-state index contributed by atoms with van der Waals surface area (Å²) in [6.45, 7) is 0.963. The highest BCUT2D eigenvalue weighted by molar-refractivity contribution is 7.89. The Morgan fingerprint density at radius 1 is 1.69 bits per heavy atom. The van der Waals surface area contributed by atoms with Gasteiger partial charge in [-0.3, -0.25) is 4.79 Å². The van der Waals surface area contributed by atoms with Crippen LogP contribution in [0.5, 0.6) is 0 Å². The average Bonchev–Trinajstić information content (AvgIpc) is 2.28. The number of carbonyl (C=O) groups is 1. The molecule has 1 unspecified atom stereocenters. The number of hydrogen-bond acceptors (Lipinski definition) is 5. The summed E-state index contributed by atoms with van der Waals surface area (Å²) >= 11 is 0. The fraction of sp³-hybridized carbons (Fsp3) is 0.750. The molecule has 90 valence electrons. The van der Waals surface area contributed by atoms with E-state index in [1.54, 1.807) is 6.07 Å². The molecule has 0 aromatic rings. The normalized spacial score (nSPS) is 22.4. The van der Waals surface area contributed by atoms with Crippen molar-refractivity contribution in [1.29, 1.82) is 5.26 Å². The molecule has 1 aliphatic rings. The minimum atomic E-state index is -3.67. The molecule has 0 radical (unpaired) electrons. The first-order valence-corrected chi connectivity index (χ1v) is 6.42. The van der Waals surface area contributed by atoms with Crippen molar-refractivity contribution in [3.8, 4) is 6.07 Å². The van der Waals surface area contributed by atoms with Gasteiger partial charge in [-0.15, -0.1) is 0 Å². The molecular weight excluding hydrogens is 232 g/mol. The standard InChI is InChI=1S/C8H14N4O3S/c1-10-8(13)7-6-11-3-4-12(7)16(14,15)5-2-9/h7,11H,3-6H2,1H3,(H,10,13). The number of carbonyl (C=O) groups excluding carboxylic acids is 1. The molecule has 8 heteroatoms. The zero-order valence-corrected chi connectivity index (χ0v) is 9.75. The SMILES string of the molecule is CNC(=O)C1CNCCN1S(=O)(=O)CC#N. The molecule has 1 saturated heterocycles. The molecule has 7 nitrogen and oxygen atoms in total. The molecule has 1 heterocycles. The van der Waals surface area contributed by atoms with Crippen LogP contribution in [0, 0.1) is 11.3 Å². The molecule has 0 aliphatic carbocycles. The Labute approximate surface area is 94.5 Å². The lowest BCUT2D eigenvalue weighted by atomic mass is 10.2. The zero-order valence-electron chi connectivity index (χ0n) is 8.93. The van der Waals surface area contributed by atoms with Crippen LogP contribution in [0.4, 0.5) is 0 Å². The van der Waals surface area contributed by atoms with E-state index in [0.29, 0.717) is 6.54 Å². The molecule has 0 aromatic heterocycles. The Kier molecular flexibility index (Phi) is 4.23. The van der Waals surface area contributed by atoms with Gasteiger partial charge in [0.25, 0.3) is 0 Å². The second-order valence-electron chi connectivity index (χ2n) is 3.36. The summed E-state index contributed by atoms with van der Waals surface area (Å²) in [6, 6.07) is 0.834. The van der Waals surface area contributed by atoms with Crippen LogP contribution in [0.15, 0.2) is 0 Å². The molecule has 0 aromatic carbocycles. The highest BCUT2D eigenvalue weighted by Crippen LogP contribution is 2.10. The smallest absolute Gasteiger partial charge is 0.239 e. The van der Waals surface area contributed by atoms with Crippen molar-refractivity contribution >= 4 is 15.9 Å². The molecule has 2 N–H and O–H groups in total. The first-order chi connectivity index (χ1) is 7.53. The van der Waals surface area contributed by atoms with Gasteiger partial charge < -0.3 is 10.6 Å². The van der Waals surface area contributed by atoms with Crippen LogP contribution in [0.25, 0.3) is 0 Å². The Morgan fingerprint density at radius 3 is 2.94 bits per heavy atom. The first kappa shape index (κ1) is 12.9. The highest BCUT2D eigenvalue weighted by Gasteiger charge is 2.35. The van der Waals surface area contributed by atoms with Crippen LogP contribution in [-0.4, -0.2) is 57.1 Å². The highest BCUT2D eigenvalue weighted by atomic mass is 32.2. The predicted molar refractivity (Wildman–Crippen MR) is 56.8 cm³/mol. The van der Waals surface area contributed by atoms with Gasteiger partial charge in [0.05, 0.1) is 6.07 Å². The number of nitriles is 1. The third kappa shape index (κ3) is 2.69. The topological polar surface area (TPSA) is 102 Å². The van der Waals surface area contributed by atoms with E-state index in [9.17, 15) is 13.2 Å². The number of piperazine rings is 1. The Bertz CT molecular complexity index is 400. The van der Waals surface area contributed by atoms with Crippen molar-refractivity contribution in [3.05, 3.63) is 0 Å². The van der Waals surface area contributed by atoms with Crippen molar-refractivity contribution < 1.29 is 13.2 Å². The largest absolute Gasteiger partial charge is 0.358 e. The van der Waals surface area contributed by atoms with E-state index in [-0.39, 0.29) is 19.0 Å². The van der Waals surface area contributed by atoms with E-state index < -0.39 is 21.8 Å². The molecule has 0 saturated carbocycles. The maximum Gasteiger partial charge on any atom is 0.239 e. The van der Waals surface area contributed by atoms with Gasteiger partial charge in [0.2, 0.25) is 15.9 Å². The minimum absolute atomic E-state index is 0.210. The van der Waals surface area contributed by atoms with Crippen LogP contribution in [0.2, 0.25) is 0 Å². The van der Waals surface area contributed by atoms with Crippen LogP contribution in [-0.2, 0) is 14.8 Å². The zero-order chi connectivity index (χ0) is 12.2. The van der Waals surface area contributed by atoms with E-state index in [1.165, 1.54) is 7.05 Å². The summed E-state index contributed by atoms with van der Waals surface area (Å²) < 4.78 is 24.5. The monoisotopic (exact) mass is 246 g/mol. The van der Waals surface area contributed by atoms with Crippen LogP contribution in [0.3, 0.4) is 0 Å². The quantitative estimate of drug-likeness (QED) is 0.591. The predicted octanol–water partition coefficient (Wildman–Crippen LogP) is -2.14. The summed E-state index contributed by atoms with van der Waals surface area (Å²) in [5.74, 6) is -0.964. The van der Waals surface area contributed by atoms with Gasteiger partial charge >= 0.3 is 0 Å². The Morgan fingerprint density at radius 2 is 2.38 bits per heavy atom. The summed E-state index contributed by atoms with van der Waals surface area (Å²) in [5.41, 5.74) is 0. The lowest BCUT2D eigenvalue weighted by molar-refractivity contribution is -0.124. The third-order valence-electron chi connectivity index (χ3n) is 2.35. The summed E-state index contributed by atoms with van der Waals surface area (Å²) in [7, 11) is -2.22. The minimum Gasteiger partial charge on any atom is -0.358 e. The van der Waals surface area contributed by atoms with Crippen molar-refractivity contribution in [2.75, 3.05) is 32.4 Å². The molecule has 0 bridgehead atoms. The second-order valence-corrected chi connectivity index (χ2v) is 5.28. The summed E-state index contributed by atoms with van der Waals surface area (Å²) in [5, 5.41) is 13.8. The van der Waals surface area contributed by atoms with E-state index in [1.807, 2.05) is 0 Å². The van der Waals surface area contributed by atoms with E-state index in [4.69, 9.17) is 5.26 Å². The van der Waals surface area contributed by atoms with Gasteiger partial charge in [-0.25, -0.2) is 8.42 Å². The molecule has 16 heavy (non-hydrogen) atoms. The number of amides is 1. The lowest BCUT2D eigenvalue weighted by Crippen LogP contribution is -2.59. The molecule has 0 spiro atoms.